The number of hydrogen-bond donors (Lipinski definition) is 2. The average molecular weight is 317 g/mol. The Balaban J connectivity index is 4.21. The van der Waals surface area contributed by atoms with E-state index in [1.54, 1.807) is 7.05 Å². The fourth-order valence-corrected chi connectivity index (χ4v) is 2.37. The van der Waals surface area contributed by atoms with Crippen LogP contribution in [0.25, 0.3) is 0 Å². The smallest absolute Gasteiger partial charge is 0.223 e. The Bertz CT molecular complexity index is 390. The van der Waals surface area contributed by atoms with Gasteiger partial charge in [-0.2, -0.15) is 0 Å². The van der Waals surface area contributed by atoms with E-state index in [0.717, 1.165) is 0 Å². The number of thioether (sulfide) groups is 1. The monoisotopic (exact) mass is 317 g/mol. The Labute approximate surface area is 129 Å². The van der Waals surface area contributed by atoms with Gasteiger partial charge in [0.1, 0.15) is 12.1 Å². The van der Waals surface area contributed by atoms with E-state index in [1.165, 1.54) is 30.6 Å². The molecule has 3 N–H and O–H groups in total. The molecule has 0 aliphatic heterocycles. The molecule has 0 bridgehead atoms. The molecule has 0 heterocycles. The van der Waals surface area contributed by atoms with Crippen molar-refractivity contribution in [3.63, 3.8) is 0 Å². The minimum Gasteiger partial charge on any atom is -0.359 e. The van der Waals surface area contributed by atoms with Crippen molar-refractivity contribution in [2.75, 3.05) is 26.4 Å². The van der Waals surface area contributed by atoms with Gasteiger partial charge in [-0.25, -0.2) is 0 Å². The van der Waals surface area contributed by atoms with Crippen molar-refractivity contribution in [3.05, 3.63) is 0 Å². The number of hydrogen-bond acceptors (Lipinski definition) is 6. The van der Waals surface area contributed by atoms with Crippen molar-refractivity contribution in [1.29, 1.82) is 0 Å². The van der Waals surface area contributed by atoms with Gasteiger partial charge < -0.3 is 20.7 Å². The van der Waals surface area contributed by atoms with E-state index in [-0.39, 0.29) is 30.4 Å². The molecule has 0 spiro atoms. The highest BCUT2D eigenvalue weighted by Gasteiger charge is 2.19. The molecular formula is C13H23N3O4S. The van der Waals surface area contributed by atoms with Crippen LogP contribution in [0, 0.1) is 0 Å². The summed E-state index contributed by atoms with van der Waals surface area (Å²) in [6, 6.07) is -0.626. The van der Waals surface area contributed by atoms with E-state index in [1.807, 2.05) is 0 Å². The van der Waals surface area contributed by atoms with E-state index in [2.05, 4.69) is 5.32 Å². The SMILES string of the molecule is CNC(=O)CCN(C)C(=O)CC(C=O)SCC(N)C(C)=O. The highest BCUT2D eigenvalue weighted by molar-refractivity contribution is 8.00. The lowest BCUT2D eigenvalue weighted by Crippen LogP contribution is -2.34. The van der Waals surface area contributed by atoms with Crippen LogP contribution >= 0.6 is 11.8 Å². The first-order chi connectivity index (χ1) is 9.81. The largest absolute Gasteiger partial charge is 0.359 e. The third-order valence-electron chi connectivity index (χ3n) is 2.92. The van der Waals surface area contributed by atoms with Crippen molar-refractivity contribution in [2.45, 2.75) is 31.1 Å². The molecule has 0 saturated heterocycles. The summed E-state index contributed by atoms with van der Waals surface area (Å²) in [5.74, 6) is -0.224. The first kappa shape index (κ1) is 19.6. The third kappa shape index (κ3) is 8.46. The van der Waals surface area contributed by atoms with Crippen LogP contribution in [0.15, 0.2) is 0 Å². The molecule has 0 radical (unpaired) electrons. The lowest BCUT2D eigenvalue weighted by Gasteiger charge is -2.19. The summed E-state index contributed by atoms with van der Waals surface area (Å²) >= 11 is 1.19. The third-order valence-corrected chi connectivity index (χ3v) is 4.18. The van der Waals surface area contributed by atoms with Crippen molar-refractivity contribution in [3.8, 4) is 0 Å². The van der Waals surface area contributed by atoms with Crippen LogP contribution in [0.2, 0.25) is 0 Å². The predicted molar refractivity (Wildman–Crippen MR) is 81.9 cm³/mol. The maximum absolute atomic E-state index is 11.9. The Morgan fingerprint density at radius 3 is 2.48 bits per heavy atom. The van der Waals surface area contributed by atoms with Crippen LogP contribution in [0.4, 0.5) is 0 Å². The van der Waals surface area contributed by atoms with E-state index >= 15 is 0 Å². The topological polar surface area (TPSA) is 110 Å². The zero-order valence-electron chi connectivity index (χ0n) is 12.6. The van der Waals surface area contributed by atoms with Gasteiger partial charge in [-0.3, -0.25) is 14.4 Å². The minimum atomic E-state index is -0.626. The van der Waals surface area contributed by atoms with Gasteiger partial charge in [-0.15, -0.1) is 11.8 Å². The lowest BCUT2D eigenvalue weighted by molar-refractivity contribution is -0.131. The second-order valence-corrected chi connectivity index (χ2v) is 5.94. The lowest BCUT2D eigenvalue weighted by atomic mass is 10.2. The minimum absolute atomic E-state index is 0.0308. The molecule has 0 aromatic carbocycles. The Kier molecular flexibility index (Phi) is 9.64. The molecule has 8 heteroatoms. The van der Waals surface area contributed by atoms with Crippen LogP contribution in [0.1, 0.15) is 19.8 Å². The number of nitrogens with two attached hydrogens (primary N) is 1. The van der Waals surface area contributed by atoms with Gasteiger partial charge in [0.15, 0.2) is 0 Å². The fraction of sp³-hybridized carbons (Fsp3) is 0.692. The quantitative estimate of drug-likeness (QED) is 0.510. The Morgan fingerprint density at radius 2 is 2.00 bits per heavy atom. The Morgan fingerprint density at radius 1 is 1.38 bits per heavy atom. The van der Waals surface area contributed by atoms with Gasteiger partial charge in [0.2, 0.25) is 11.8 Å². The van der Waals surface area contributed by atoms with Gasteiger partial charge in [0, 0.05) is 39.2 Å². The summed E-state index contributed by atoms with van der Waals surface area (Å²) in [6.45, 7) is 1.68. The molecule has 0 saturated carbocycles. The standard InChI is InChI=1S/C13H23N3O4S/c1-9(18)11(14)8-21-10(7-17)6-13(20)16(3)5-4-12(19)15-2/h7,10-11H,4-6,8,14H2,1-3H3,(H,15,19). The molecule has 0 rings (SSSR count). The van der Waals surface area contributed by atoms with Gasteiger partial charge >= 0.3 is 0 Å². The van der Waals surface area contributed by atoms with Crippen LogP contribution in [-0.2, 0) is 19.2 Å². The number of amides is 2. The number of nitrogens with zero attached hydrogens (tertiary/aromatic N) is 1. The van der Waals surface area contributed by atoms with E-state index in [0.29, 0.717) is 18.6 Å². The molecule has 0 aliphatic rings. The molecule has 7 nitrogen and oxygen atoms in total. The van der Waals surface area contributed by atoms with Gasteiger partial charge in [-0.1, -0.05) is 0 Å². The van der Waals surface area contributed by atoms with E-state index < -0.39 is 11.3 Å². The normalized spacial score (nSPS) is 13.1. The molecule has 0 aromatic heterocycles. The molecule has 0 aliphatic carbocycles. The number of nitrogens with one attached hydrogen (secondary N) is 1. The zero-order valence-corrected chi connectivity index (χ0v) is 13.4. The maximum atomic E-state index is 11.9. The molecule has 2 amide bonds. The van der Waals surface area contributed by atoms with E-state index in [4.69, 9.17) is 5.73 Å². The maximum Gasteiger partial charge on any atom is 0.223 e. The molecule has 2 atom stereocenters. The second kappa shape index (κ2) is 10.3. The number of aldehydes is 1. The molecule has 0 fully saturated rings. The molecular weight excluding hydrogens is 294 g/mol. The predicted octanol–water partition coefficient (Wildman–Crippen LogP) is -0.812. The number of carbonyl (C=O) groups is 4. The van der Waals surface area contributed by atoms with Crippen molar-refractivity contribution in [2.24, 2.45) is 5.73 Å². The highest BCUT2D eigenvalue weighted by atomic mass is 32.2. The van der Waals surface area contributed by atoms with Crippen LogP contribution < -0.4 is 11.1 Å². The molecule has 21 heavy (non-hydrogen) atoms. The first-order valence-electron chi connectivity index (χ1n) is 6.59. The van der Waals surface area contributed by atoms with Crippen LogP contribution in [0.5, 0.6) is 0 Å². The number of Topliss-reactive ketones (excluding diaryl/α,β-unsaturated/α-hetero) is 1. The molecule has 2 unspecified atom stereocenters. The van der Waals surface area contributed by atoms with Gasteiger partial charge in [-0.05, 0) is 6.92 Å². The summed E-state index contributed by atoms with van der Waals surface area (Å²) in [5, 5.41) is 1.93. The summed E-state index contributed by atoms with van der Waals surface area (Å²) in [5.41, 5.74) is 5.58. The van der Waals surface area contributed by atoms with Crippen molar-refractivity contribution >= 4 is 35.6 Å². The zero-order chi connectivity index (χ0) is 16.4. The van der Waals surface area contributed by atoms with Gasteiger partial charge in [0.05, 0.1) is 11.3 Å². The molecule has 0 aromatic rings. The number of ketones is 1. The number of carbonyl (C=O) groups excluding carboxylic acids is 4. The molecule has 120 valence electrons. The highest BCUT2D eigenvalue weighted by Crippen LogP contribution is 2.15. The van der Waals surface area contributed by atoms with Crippen LogP contribution in [0.3, 0.4) is 0 Å². The summed E-state index contributed by atoms with van der Waals surface area (Å²) in [7, 11) is 3.11. The fourth-order valence-electron chi connectivity index (χ4n) is 1.34. The summed E-state index contributed by atoms with van der Waals surface area (Å²) in [4.78, 5) is 46.4. The van der Waals surface area contributed by atoms with Gasteiger partial charge in [0.25, 0.3) is 0 Å². The Hall–Kier alpha value is -1.41. The average Bonchev–Trinajstić information content (AvgIpc) is 2.47. The second-order valence-electron chi connectivity index (χ2n) is 4.67. The van der Waals surface area contributed by atoms with Crippen LogP contribution in [-0.4, -0.2) is 66.5 Å². The summed E-state index contributed by atoms with van der Waals surface area (Å²) < 4.78 is 0. The van der Waals surface area contributed by atoms with Crippen molar-refractivity contribution in [1.82, 2.24) is 10.2 Å². The first-order valence-corrected chi connectivity index (χ1v) is 7.64. The summed E-state index contributed by atoms with van der Waals surface area (Å²) in [6.07, 6.45) is 0.928. The van der Waals surface area contributed by atoms with E-state index in [9.17, 15) is 19.2 Å². The number of rotatable bonds is 10. The van der Waals surface area contributed by atoms with Crippen molar-refractivity contribution < 1.29 is 19.2 Å².